The van der Waals surface area contributed by atoms with Gasteiger partial charge in [0.1, 0.15) is 13.2 Å². The van der Waals surface area contributed by atoms with Crippen molar-refractivity contribution in [2.45, 2.75) is 51.1 Å². The highest BCUT2D eigenvalue weighted by Gasteiger charge is 2.33. The Hall–Kier alpha value is -3.01. The Bertz CT molecular complexity index is 1250. The first-order valence-corrected chi connectivity index (χ1v) is 14.7. The Morgan fingerprint density at radius 1 is 1.07 bits per heavy atom. The largest absolute Gasteiger partial charge is 0.493 e. The minimum atomic E-state index is -0.891. The fourth-order valence-electron chi connectivity index (χ4n) is 5.65. The Morgan fingerprint density at radius 3 is 2.46 bits per heavy atom. The van der Waals surface area contributed by atoms with Gasteiger partial charge in [-0.3, -0.25) is 19.4 Å². The van der Waals surface area contributed by atoms with Crippen LogP contribution in [0.4, 0.5) is 4.79 Å². The molecule has 0 aromatic heterocycles. The Kier molecular flexibility index (Phi) is 10.8. The van der Waals surface area contributed by atoms with Gasteiger partial charge in [0.05, 0.1) is 30.1 Å². The lowest BCUT2D eigenvalue weighted by atomic mass is 9.88. The molecule has 1 atom stereocenters. The van der Waals surface area contributed by atoms with Crippen LogP contribution in [0.1, 0.15) is 55.7 Å². The zero-order valence-electron chi connectivity index (χ0n) is 23.5. The van der Waals surface area contributed by atoms with E-state index in [-0.39, 0.29) is 38.1 Å². The summed E-state index contributed by atoms with van der Waals surface area (Å²) in [4.78, 5) is 40.9. The second-order valence-electron chi connectivity index (χ2n) is 10.7. The molecule has 9 nitrogen and oxygen atoms in total. The average molecular weight is 607 g/mol. The number of hydrogen-bond acceptors (Lipinski definition) is 6. The standard InChI is InChI=1S/C30H37Cl2N3O6/c1-33-19-28(36)35(30(33)39)12-13-41-26-11-8-21(14-27(26)40-2)18-34(17-20-6-4-3-5-7-20)25(16-29(37)38)22-9-10-23(31)24(32)15-22/h8-11,14-15,20,25H,3-7,12-13,16-19H2,1-2H3,(H,37,38)/t25-/m0/s1. The van der Waals surface area contributed by atoms with Crippen LogP contribution in [0.2, 0.25) is 10.0 Å². The van der Waals surface area contributed by atoms with Crippen LogP contribution in [-0.2, 0) is 16.1 Å². The predicted octanol–water partition coefficient (Wildman–Crippen LogP) is 5.87. The van der Waals surface area contributed by atoms with Crippen LogP contribution in [0.3, 0.4) is 0 Å². The molecule has 3 amide bonds. The van der Waals surface area contributed by atoms with E-state index < -0.39 is 12.0 Å². The van der Waals surface area contributed by atoms with E-state index in [9.17, 15) is 19.5 Å². The Balaban J connectivity index is 1.54. The lowest BCUT2D eigenvalue weighted by molar-refractivity contribution is -0.138. The number of nitrogens with zero attached hydrogens (tertiary/aromatic N) is 3. The second kappa shape index (κ2) is 14.2. The number of carboxylic acids is 1. The van der Waals surface area contributed by atoms with Crippen molar-refractivity contribution < 1.29 is 29.0 Å². The van der Waals surface area contributed by atoms with Gasteiger partial charge in [-0.25, -0.2) is 4.79 Å². The number of hydrogen-bond donors (Lipinski definition) is 1. The molecular formula is C30H37Cl2N3O6. The van der Waals surface area contributed by atoms with Crippen LogP contribution < -0.4 is 9.47 Å². The molecule has 1 saturated heterocycles. The molecule has 0 spiro atoms. The van der Waals surface area contributed by atoms with Gasteiger partial charge < -0.3 is 19.5 Å². The molecule has 0 unspecified atom stereocenters. The summed E-state index contributed by atoms with van der Waals surface area (Å²) in [6.45, 7) is 1.59. The van der Waals surface area contributed by atoms with Crippen molar-refractivity contribution in [2.75, 3.05) is 40.4 Å². The SMILES string of the molecule is COc1cc(CN(CC2CCCCC2)[C@@H](CC(=O)O)c2ccc(Cl)c(Cl)c2)ccc1OCCN1C(=O)CN(C)C1=O. The van der Waals surface area contributed by atoms with Crippen LogP contribution in [-0.4, -0.2) is 78.1 Å². The Labute approximate surface area is 250 Å². The highest BCUT2D eigenvalue weighted by Crippen LogP contribution is 2.35. The number of carbonyl (C=O) groups excluding carboxylic acids is 2. The lowest BCUT2D eigenvalue weighted by Gasteiger charge is -2.36. The zero-order chi connectivity index (χ0) is 29.5. The van der Waals surface area contributed by atoms with E-state index in [4.69, 9.17) is 32.7 Å². The third-order valence-corrected chi connectivity index (χ3v) is 8.51. The molecule has 41 heavy (non-hydrogen) atoms. The van der Waals surface area contributed by atoms with Gasteiger partial charge >= 0.3 is 12.0 Å². The summed E-state index contributed by atoms with van der Waals surface area (Å²) < 4.78 is 11.5. The topological polar surface area (TPSA) is 99.6 Å². The molecule has 4 rings (SSSR count). The molecular weight excluding hydrogens is 569 g/mol. The fraction of sp³-hybridized carbons (Fsp3) is 0.500. The number of carboxylic acid groups (broad SMARTS) is 1. The van der Waals surface area contributed by atoms with E-state index in [1.54, 1.807) is 32.4 Å². The molecule has 11 heteroatoms. The number of carbonyl (C=O) groups is 3. The summed E-state index contributed by atoms with van der Waals surface area (Å²) >= 11 is 12.5. The van der Waals surface area contributed by atoms with Crippen LogP contribution in [0.25, 0.3) is 0 Å². The van der Waals surface area contributed by atoms with Crippen LogP contribution in [0, 0.1) is 5.92 Å². The van der Waals surface area contributed by atoms with E-state index in [0.717, 1.165) is 30.5 Å². The first-order chi connectivity index (χ1) is 19.7. The van der Waals surface area contributed by atoms with Gasteiger partial charge in [0.15, 0.2) is 11.5 Å². The van der Waals surface area contributed by atoms with Gasteiger partial charge in [0.2, 0.25) is 5.91 Å². The van der Waals surface area contributed by atoms with Gasteiger partial charge in [-0.2, -0.15) is 0 Å². The van der Waals surface area contributed by atoms with Crippen LogP contribution in [0.5, 0.6) is 11.5 Å². The van der Waals surface area contributed by atoms with E-state index in [0.29, 0.717) is 34.0 Å². The number of aliphatic carboxylic acids is 1. The molecule has 1 aliphatic heterocycles. The molecule has 2 aromatic carbocycles. The molecule has 2 fully saturated rings. The molecule has 1 saturated carbocycles. The maximum Gasteiger partial charge on any atom is 0.327 e. The van der Waals surface area contributed by atoms with Gasteiger partial charge in [-0.05, 0) is 54.2 Å². The first-order valence-electron chi connectivity index (χ1n) is 13.9. The monoisotopic (exact) mass is 605 g/mol. The van der Waals surface area contributed by atoms with Crippen molar-refractivity contribution in [3.05, 3.63) is 57.6 Å². The highest BCUT2D eigenvalue weighted by molar-refractivity contribution is 6.42. The Morgan fingerprint density at radius 2 is 1.83 bits per heavy atom. The van der Waals surface area contributed by atoms with Crippen molar-refractivity contribution in [1.29, 1.82) is 0 Å². The molecule has 0 radical (unpaired) electrons. The number of imide groups is 1. The molecule has 222 valence electrons. The van der Waals surface area contributed by atoms with Gasteiger partial charge in [0.25, 0.3) is 0 Å². The molecule has 2 aliphatic rings. The van der Waals surface area contributed by atoms with Gasteiger partial charge in [-0.1, -0.05) is 54.6 Å². The number of amides is 3. The molecule has 1 aliphatic carbocycles. The van der Waals surface area contributed by atoms with Gasteiger partial charge in [-0.15, -0.1) is 0 Å². The molecule has 1 heterocycles. The number of methoxy groups -OCH3 is 1. The average Bonchev–Trinajstić information content (AvgIpc) is 3.19. The molecule has 1 N–H and O–H groups in total. The van der Waals surface area contributed by atoms with E-state index in [2.05, 4.69) is 4.90 Å². The number of urea groups is 1. The van der Waals surface area contributed by atoms with Crippen LogP contribution in [0.15, 0.2) is 36.4 Å². The molecule has 0 bridgehead atoms. The summed E-state index contributed by atoms with van der Waals surface area (Å²) in [7, 11) is 3.14. The summed E-state index contributed by atoms with van der Waals surface area (Å²) in [5.74, 6) is 0.341. The third-order valence-electron chi connectivity index (χ3n) is 7.77. The van der Waals surface area contributed by atoms with Crippen LogP contribution >= 0.6 is 23.2 Å². The number of ether oxygens (including phenoxy) is 2. The predicted molar refractivity (Wildman–Crippen MR) is 157 cm³/mol. The number of benzene rings is 2. The minimum absolute atomic E-state index is 0.0688. The first kappa shape index (κ1) is 30.9. The summed E-state index contributed by atoms with van der Waals surface area (Å²) in [6.07, 6.45) is 5.75. The van der Waals surface area contributed by atoms with Crippen molar-refractivity contribution in [2.24, 2.45) is 5.92 Å². The van der Waals surface area contributed by atoms with Crippen molar-refractivity contribution in [3.8, 4) is 11.5 Å². The number of halogens is 2. The molecule has 2 aromatic rings. The fourth-order valence-corrected chi connectivity index (χ4v) is 5.95. The third kappa shape index (κ3) is 8.05. The lowest BCUT2D eigenvalue weighted by Crippen LogP contribution is -2.35. The minimum Gasteiger partial charge on any atom is -0.493 e. The van der Waals surface area contributed by atoms with E-state index in [1.165, 1.54) is 29.1 Å². The van der Waals surface area contributed by atoms with Gasteiger partial charge in [0, 0.05) is 26.2 Å². The summed E-state index contributed by atoms with van der Waals surface area (Å²) in [6, 6.07) is 10.2. The summed E-state index contributed by atoms with van der Waals surface area (Å²) in [5, 5.41) is 10.7. The smallest absolute Gasteiger partial charge is 0.327 e. The normalized spacial score (nSPS) is 16.9. The second-order valence-corrected chi connectivity index (χ2v) is 11.6. The van der Waals surface area contributed by atoms with E-state index >= 15 is 0 Å². The zero-order valence-corrected chi connectivity index (χ0v) is 25.0. The number of rotatable bonds is 13. The maximum absolute atomic E-state index is 12.1. The van der Waals surface area contributed by atoms with Crippen molar-refractivity contribution >= 4 is 41.1 Å². The highest BCUT2D eigenvalue weighted by atomic mass is 35.5. The van der Waals surface area contributed by atoms with E-state index in [1.807, 2.05) is 18.2 Å². The van der Waals surface area contributed by atoms with Crippen molar-refractivity contribution in [3.63, 3.8) is 0 Å². The number of likely N-dealkylation sites (N-methyl/N-ethyl adjacent to an activating group) is 1. The van der Waals surface area contributed by atoms with Crippen molar-refractivity contribution in [1.82, 2.24) is 14.7 Å². The summed E-state index contributed by atoms with van der Waals surface area (Å²) in [5.41, 5.74) is 1.74. The quantitative estimate of drug-likeness (QED) is 0.285. The maximum atomic E-state index is 12.1.